The summed E-state index contributed by atoms with van der Waals surface area (Å²) in [6.45, 7) is 2.82. The molecule has 2 aromatic rings. The van der Waals surface area contributed by atoms with Crippen LogP contribution < -0.4 is 10.1 Å². The molecule has 0 bridgehead atoms. The Morgan fingerprint density at radius 2 is 1.76 bits per heavy atom. The van der Waals surface area contributed by atoms with E-state index in [1.165, 1.54) is 11.1 Å². The minimum absolute atomic E-state index is 0.0640. The van der Waals surface area contributed by atoms with E-state index in [2.05, 4.69) is 36.5 Å². The number of carbonyl (C=O) groups is 1. The maximum atomic E-state index is 11.6. The number of nitrogens with one attached hydrogen (secondary N) is 1. The quantitative estimate of drug-likeness (QED) is 0.793. The van der Waals surface area contributed by atoms with Gasteiger partial charge in [-0.15, -0.1) is 0 Å². The molecule has 110 valence electrons. The van der Waals surface area contributed by atoms with E-state index in [-0.39, 0.29) is 12.5 Å². The van der Waals surface area contributed by atoms with Crippen molar-refractivity contribution in [3.05, 3.63) is 65.7 Å². The van der Waals surface area contributed by atoms with E-state index in [0.29, 0.717) is 12.3 Å². The van der Waals surface area contributed by atoms with Gasteiger partial charge in [0.05, 0.1) is 0 Å². The van der Waals surface area contributed by atoms with Gasteiger partial charge in [-0.25, -0.2) is 0 Å². The second-order valence-corrected chi connectivity index (χ2v) is 5.04. The van der Waals surface area contributed by atoms with E-state index >= 15 is 0 Å². The number of hydrogen-bond acceptors (Lipinski definition) is 2. The lowest BCUT2D eigenvalue weighted by Crippen LogP contribution is -2.29. The van der Waals surface area contributed by atoms with Gasteiger partial charge in [0.15, 0.2) is 6.61 Å². The van der Waals surface area contributed by atoms with E-state index in [1.54, 1.807) is 0 Å². The van der Waals surface area contributed by atoms with Crippen LogP contribution in [0.5, 0.6) is 5.75 Å². The van der Waals surface area contributed by atoms with Crippen LogP contribution in [-0.4, -0.2) is 19.1 Å². The Kier molecular flexibility index (Phi) is 5.83. The van der Waals surface area contributed by atoms with Crippen molar-refractivity contribution < 1.29 is 9.53 Å². The monoisotopic (exact) mass is 283 g/mol. The highest BCUT2D eigenvalue weighted by molar-refractivity contribution is 5.77. The zero-order chi connectivity index (χ0) is 14.9. The van der Waals surface area contributed by atoms with Gasteiger partial charge < -0.3 is 10.1 Å². The maximum Gasteiger partial charge on any atom is 0.257 e. The number of hydrogen-bond donors (Lipinski definition) is 1. The minimum Gasteiger partial charge on any atom is -0.484 e. The van der Waals surface area contributed by atoms with Gasteiger partial charge in [-0.3, -0.25) is 4.79 Å². The maximum absolute atomic E-state index is 11.6. The Morgan fingerprint density at radius 3 is 2.48 bits per heavy atom. The molecule has 3 heteroatoms. The van der Waals surface area contributed by atoms with Crippen LogP contribution in [0, 0.1) is 6.92 Å². The topological polar surface area (TPSA) is 38.3 Å². The van der Waals surface area contributed by atoms with E-state index in [9.17, 15) is 4.79 Å². The largest absolute Gasteiger partial charge is 0.484 e. The van der Waals surface area contributed by atoms with Crippen LogP contribution in [0.15, 0.2) is 54.6 Å². The standard InChI is InChI=1S/C18H21NO2/c1-15-9-11-16(12-10-15)6-5-13-19-18(20)14-21-17-7-3-2-4-8-17/h2-4,7-12H,5-6,13-14H2,1H3,(H,19,20). The summed E-state index contributed by atoms with van der Waals surface area (Å²) in [6, 6.07) is 17.9. The fourth-order valence-corrected chi connectivity index (χ4v) is 1.99. The third-order valence-electron chi connectivity index (χ3n) is 3.20. The molecule has 2 rings (SSSR count). The van der Waals surface area contributed by atoms with Crippen LogP contribution in [-0.2, 0) is 11.2 Å². The molecule has 1 N–H and O–H groups in total. The molecule has 0 saturated heterocycles. The average Bonchev–Trinajstić information content (AvgIpc) is 2.52. The van der Waals surface area contributed by atoms with E-state index < -0.39 is 0 Å². The Bertz CT molecular complexity index is 549. The van der Waals surface area contributed by atoms with Crippen LogP contribution in [0.2, 0.25) is 0 Å². The second kappa shape index (κ2) is 8.10. The molecule has 0 fully saturated rings. The Morgan fingerprint density at radius 1 is 1.05 bits per heavy atom. The van der Waals surface area contributed by atoms with E-state index in [1.807, 2.05) is 30.3 Å². The van der Waals surface area contributed by atoms with Gasteiger partial charge in [0.2, 0.25) is 0 Å². The second-order valence-electron chi connectivity index (χ2n) is 5.04. The summed E-state index contributed by atoms with van der Waals surface area (Å²) in [7, 11) is 0. The molecule has 0 aliphatic heterocycles. The highest BCUT2D eigenvalue weighted by atomic mass is 16.5. The number of rotatable bonds is 7. The van der Waals surface area contributed by atoms with Crippen molar-refractivity contribution in [1.82, 2.24) is 5.32 Å². The number of benzene rings is 2. The van der Waals surface area contributed by atoms with Gasteiger partial charge in [0.1, 0.15) is 5.75 Å². The number of para-hydroxylation sites is 1. The lowest BCUT2D eigenvalue weighted by atomic mass is 10.1. The normalized spacial score (nSPS) is 10.1. The van der Waals surface area contributed by atoms with Crippen molar-refractivity contribution in [2.45, 2.75) is 19.8 Å². The van der Waals surface area contributed by atoms with Gasteiger partial charge in [0, 0.05) is 6.54 Å². The van der Waals surface area contributed by atoms with Crippen molar-refractivity contribution in [2.24, 2.45) is 0 Å². The van der Waals surface area contributed by atoms with Crippen molar-refractivity contribution >= 4 is 5.91 Å². The van der Waals surface area contributed by atoms with E-state index in [4.69, 9.17) is 4.74 Å². The molecule has 21 heavy (non-hydrogen) atoms. The highest BCUT2D eigenvalue weighted by Gasteiger charge is 2.02. The molecule has 0 heterocycles. The average molecular weight is 283 g/mol. The smallest absolute Gasteiger partial charge is 0.257 e. The molecule has 0 radical (unpaired) electrons. The third-order valence-corrected chi connectivity index (χ3v) is 3.20. The zero-order valence-corrected chi connectivity index (χ0v) is 12.3. The van der Waals surface area contributed by atoms with Gasteiger partial charge in [-0.2, -0.15) is 0 Å². The van der Waals surface area contributed by atoms with Crippen molar-refractivity contribution in [2.75, 3.05) is 13.2 Å². The molecule has 3 nitrogen and oxygen atoms in total. The van der Waals surface area contributed by atoms with Crippen molar-refractivity contribution in [1.29, 1.82) is 0 Å². The highest BCUT2D eigenvalue weighted by Crippen LogP contribution is 2.07. The Labute approximate surface area is 126 Å². The summed E-state index contributed by atoms with van der Waals surface area (Å²) >= 11 is 0. The van der Waals surface area contributed by atoms with E-state index in [0.717, 1.165) is 12.8 Å². The van der Waals surface area contributed by atoms with Crippen LogP contribution in [0.1, 0.15) is 17.5 Å². The number of carbonyl (C=O) groups excluding carboxylic acids is 1. The van der Waals surface area contributed by atoms with Gasteiger partial charge in [0.25, 0.3) is 5.91 Å². The molecule has 2 aromatic carbocycles. The van der Waals surface area contributed by atoms with Crippen molar-refractivity contribution in [3.63, 3.8) is 0 Å². The first-order valence-electron chi connectivity index (χ1n) is 7.24. The molecule has 0 atom stereocenters. The lowest BCUT2D eigenvalue weighted by Gasteiger charge is -2.07. The molecule has 1 amide bonds. The molecule has 0 aromatic heterocycles. The summed E-state index contributed by atoms with van der Waals surface area (Å²) in [5.74, 6) is 0.634. The fourth-order valence-electron chi connectivity index (χ4n) is 1.99. The predicted octanol–water partition coefficient (Wildman–Crippen LogP) is 3.12. The lowest BCUT2D eigenvalue weighted by molar-refractivity contribution is -0.123. The van der Waals surface area contributed by atoms with Gasteiger partial charge in [-0.1, -0.05) is 48.0 Å². The van der Waals surface area contributed by atoms with Crippen LogP contribution in [0.25, 0.3) is 0 Å². The summed E-state index contributed by atoms with van der Waals surface area (Å²) < 4.78 is 5.38. The third kappa shape index (κ3) is 5.69. The van der Waals surface area contributed by atoms with Crippen LogP contribution in [0.4, 0.5) is 0 Å². The molecule has 0 saturated carbocycles. The number of aryl methyl sites for hydroxylation is 2. The summed E-state index contributed by atoms with van der Waals surface area (Å²) in [4.78, 5) is 11.6. The van der Waals surface area contributed by atoms with Crippen LogP contribution in [0.3, 0.4) is 0 Å². The summed E-state index contributed by atoms with van der Waals surface area (Å²) in [5, 5.41) is 2.87. The number of ether oxygens (including phenoxy) is 1. The Balaban J connectivity index is 1.60. The first kappa shape index (κ1) is 15.1. The molecular formula is C18H21NO2. The van der Waals surface area contributed by atoms with Gasteiger partial charge >= 0.3 is 0 Å². The predicted molar refractivity (Wildman–Crippen MR) is 84.4 cm³/mol. The van der Waals surface area contributed by atoms with Crippen molar-refractivity contribution in [3.8, 4) is 5.75 Å². The number of amides is 1. The first-order valence-corrected chi connectivity index (χ1v) is 7.24. The molecule has 0 aliphatic carbocycles. The molecular weight excluding hydrogens is 262 g/mol. The summed E-state index contributed by atoms with van der Waals surface area (Å²) in [6.07, 6.45) is 1.90. The molecule has 0 aliphatic rings. The van der Waals surface area contributed by atoms with Crippen LogP contribution >= 0.6 is 0 Å². The minimum atomic E-state index is -0.0808. The molecule has 0 spiro atoms. The fraction of sp³-hybridized carbons (Fsp3) is 0.278. The summed E-state index contributed by atoms with van der Waals surface area (Å²) in [5.41, 5.74) is 2.57. The zero-order valence-electron chi connectivity index (χ0n) is 12.3. The Hall–Kier alpha value is -2.29. The SMILES string of the molecule is Cc1ccc(CCCNC(=O)COc2ccccc2)cc1. The molecule has 0 unspecified atom stereocenters. The first-order chi connectivity index (χ1) is 10.2. The van der Waals surface area contributed by atoms with Gasteiger partial charge in [-0.05, 0) is 37.5 Å².